The molecule has 3 aromatic heterocycles. The number of nitrogens with two attached hydrogens (primary N) is 1. The molecular formula is C13H12ClN5O2S. The summed E-state index contributed by atoms with van der Waals surface area (Å²) in [7, 11) is 0. The van der Waals surface area contributed by atoms with Crippen LogP contribution in [0.4, 0.5) is 0 Å². The lowest BCUT2D eigenvalue weighted by Gasteiger charge is -2.03. The van der Waals surface area contributed by atoms with E-state index in [0.717, 1.165) is 5.69 Å². The van der Waals surface area contributed by atoms with E-state index in [-0.39, 0.29) is 17.8 Å². The highest BCUT2D eigenvalue weighted by Gasteiger charge is 2.17. The van der Waals surface area contributed by atoms with Gasteiger partial charge in [-0.25, -0.2) is 14.1 Å². The van der Waals surface area contributed by atoms with Gasteiger partial charge in [0.15, 0.2) is 4.96 Å². The Labute approximate surface area is 134 Å². The van der Waals surface area contributed by atoms with E-state index in [4.69, 9.17) is 17.3 Å². The molecule has 3 rings (SSSR count). The molecule has 7 nitrogen and oxygen atoms in total. The molecule has 0 spiro atoms. The first-order valence-electron chi connectivity index (χ1n) is 6.38. The van der Waals surface area contributed by atoms with Crippen LogP contribution in [0.25, 0.3) is 4.96 Å². The summed E-state index contributed by atoms with van der Waals surface area (Å²) in [5.74, 6) is -0.647. The van der Waals surface area contributed by atoms with Crippen LogP contribution in [0.1, 0.15) is 26.8 Å². The van der Waals surface area contributed by atoms with E-state index >= 15 is 0 Å². The topological polar surface area (TPSA) is 95.3 Å². The van der Waals surface area contributed by atoms with Gasteiger partial charge >= 0.3 is 0 Å². The average molecular weight is 338 g/mol. The van der Waals surface area contributed by atoms with E-state index in [2.05, 4.69) is 10.1 Å². The van der Waals surface area contributed by atoms with Gasteiger partial charge in [-0.2, -0.15) is 5.10 Å². The minimum absolute atomic E-state index is 0.178. The largest absolute Gasteiger partial charge is 0.364 e. The van der Waals surface area contributed by atoms with E-state index in [1.54, 1.807) is 17.7 Å². The Kier molecular flexibility index (Phi) is 3.50. The van der Waals surface area contributed by atoms with Gasteiger partial charge < -0.3 is 5.73 Å². The minimum Gasteiger partial charge on any atom is -0.364 e. The number of hydrogen-bond acceptors (Lipinski definition) is 5. The molecule has 0 saturated carbocycles. The quantitative estimate of drug-likeness (QED) is 0.780. The maximum absolute atomic E-state index is 12.3. The van der Waals surface area contributed by atoms with Gasteiger partial charge in [0.25, 0.3) is 11.5 Å². The predicted molar refractivity (Wildman–Crippen MR) is 83.7 cm³/mol. The number of fused-ring (bicyclic) bond motifs is 1. The van der Waals surface area contributed by atoms with Crippen molar-refractivity contribution in [3.63, 3.8) is 0 Å². The molecule has 3 heterocycles. The molecule has 0 unspecified atom stereocenters. The van der Waals surface area contributed by atoms with Gasteiger partial charge in [-0.15, -0.1) is 11.3 Å². The maximum atomic E-state index is 12.3. The van der Waals surface area contributed by atoms with Gasteiger partial charge in [-0.3, -0.25) is 9.59 Å². The number of amides is 1. The smallest absolute Gasteiger partial charge is 0.266 e. The highest BCUT2D eigenvalue weighted by molar-refractivity contribution is 7.17. The lowest BCUT2D eigenvalue weighted by molar-refractivity contribution is 0.0994. The number of aryl methyl sites for hydroxylation is 2. The number of hydrogen-bond donors (Lipinski definition) is 1. The summed E-state index contributed by atoms with van der Waals surface area (Å²) in [5, 5.41) is 4.70. The molecule has 0 radical (unpaired) electrons. The van der Waals surface area contributed by atoms with Crippen LogP contribution in [0, 0.1) is 13.8 Å². The number of nitrogens with zero attached hydrogens (tertiary/aromatic N) is 4. The summed E-state index contributed by atoms with van der Waals surface area (Å²) in [6.45, 7) is 3.84. The molecule has 0 fully saturated rings. The van der Waals surface area contributed by atoms with E-state index < -0.39 is 5.91 Å². The molecule has 2 N–H and O–H groups in total. The van der Waals surface area contributed by atoms with Gasteiger partial charge in [0.1, 0.15) is 10.8 Å². The van der Waals surface area contributed by atoms with Crippen LogP contribution >= 0.6 is 22.9 Å². The van der Waals surface area contributed by atoms with Gasteiger partial charge in [-0.1, -0.05) is 11.6 Å². The Morgan fingerprint density at radius 3 is 2.73 bits per heavy atom. The number of rotatable bonds is 3. The lowest BCUT2D eigenvalue weighted by Crippen LogP contribution is -2.23. The molecule has 0 aliphatic rings. The van der Waals surface area contributed by atoms with Crippen molar-refractivity contribution in [1.29, 1.82) is 0 Å². The number of halogens is 1. The number of aromatic nitrogens is 4. The second kappa shape index (κ2) is 5.22. The van der Waals surface area contributed by atoms with E-state index in [0.29, 0.717) is 20.7 Å². The normalized spacial score (nSPS) is 11.2. The van der Waals surface area contributed by atoms with Crippen molar-refractivity contribution in [2.24, 2.45) is 5.73 Å². The van der Waals surface area contributed by atoms with Crippen LogP contribution < -0.4 is 11.3 Å². The molecule has 0 saturated heterocycles. The molecule has 0 aliphatic heterocycles. The Morgan fingerprint density at radius 2 is 2.14 bits per heavy atom. The summed E-state index contributed by atoms with van der Waals surface area (Å²) < 4.78 is 2.80. The van der Waals surface area contributed by atoms with Gasteiger partial charge in [0.05, 0.1) is 17.9 Å². The fraction of sp³-hybridized carbons (Fsp3) is 0.231. The van der Waals surface area contributed by atoms with Crippen molar-refractivity contribution in [1.82, 2.24) is 19.2 Å². The van der Waals surface area contributed by atoms with Gasteiger partial charge in [0, 0.05) is 10.9 Å². The molecule has 9 heteroatoms. The number of carbonyl (C=O) groups excluding carboxylic acids is 1. The maximum Gasteiger partial charge on any atom is 0.266 e. The van der Waals surface area contributed by atoms with Crippen LogP contribution in [-0.2, 0) is 6.54 Å². The summed E-state index contributed by atoms with van der Waals surface area (Å²) in [6, 6.07) is 3.09. The highest BCUT2D eigenvalue weighted by atomic mass is 35.5. The zero-order valence-electron chi connectivity index (χ0n) is 11.8. The van der Waals surface area contributed by atoms with Crippen molar-refractivity contribution in [2.45, 2.75) is 20.4 Å². The van der Waals surface area contributed by atoms with Crippen molar-refractivity contribution >= 4 is 33.8 Å². The Morgan fingerprint density at radius 1 is 1.41 bits per heavy atom. The Balaban J connectivity index is 2.12. The molecule has 114 valence electrons. The number of thiazole rings is 1. The third kappa shape index (κ3) is 2.40. The summed E-state index contributed by atoms with van der Waals surface area (Å²) in [6.07, 6.45) is 0. The second-order valence-electron chi connectivity index (χ2n) is 4.84. The minimum atomic E-state index is -0.647. The SMILES string of the molecule is Cc1cc(Cl)n(Cc2cc(=O)n3c(C(N)=O)c(C)sc3n2)n1. The van der Waals surface area contributed by atoms with Crippen LogP contribution in [0.3, 0.4) is 0 Å². The molecule has 0 aliphatic carbocycles. The molecule has 0 aromatic carbocycles. The monoisotopic (exact) mass is 337 g/mol. The summed E-state index contributed by atoms with van der Waals surface area (Å²) >= 11 is 7.30. The fourth-order valence-electron chi connectivity index (χ4n) is 2.27. The first-order chi connectivity index (χ1) is 10.4. The molecule has 1 amide bonds. The van der Waals surface area contributed by atoms with E-state index in [1.807, 2.05) is 6.92 Å². The Bertz CT molecular complexity index is 955. The molecule has 3 aromatic rings. The second-order valence-corrected chi connectivity index (χ2v) is 6.41. The van der Waals surface area contributed by atoms with Crippen molar-refractivity contribution in [3.8, 4) is 0 Å². The van der Waals surface area contributed by atoms with Crippen molar-refractivity contribution < 1.29 is 4.79 Å². The molecular weight excluding hydrogens is 326 g/mol. The molecule has 22 heavy (non-hydrogen) atoms. The first kappa shape index (κ1) is 14.7. The number of primary amides is 1. The average Bonchev–Trinajstić information content (AvgIpc) is 2.89. The zero-order chi connectivity index (χ0) is 16.0. The zero-order valence-corrected chi connectivity index (χ0v) is 13.4. The lowest BCUT2D eigenvalue weighted by atomic mass is 10.3. The van der Waals surface area contributed by atoms with E-state index in [9.17, 15) is 9.59 Å². The highest BCUT2D eigenvalue weighted by Crippen LogP contribution is 2.20. The van der Waals surface area contributed by atoms with Crippen LogP contribution in [0.2, 0.25) is 5.15 Å². The van der Waals surface area contributed by atoms with Gasteiger partial charge in [-0.05, 0) is 19.9 Å². The fourth-order valence-corrected chi connectivity index (χ4v) is 3.52. The molecule has 0 bridgehead atoms. The van der Waals surface area contributed by atoms with Gasteiger partial charge in [0.2, 0.25) is 0 Å². The molecule has 0 atom stereocenters. The third-order valence-corrected chi connectivity index (χ3v) is 4.40. The standard InChI is InChI=1S/C13H12ClN5O2S/c1-6-3-9(14)18(17-6)5-8-4-10(20)19-11(12(15)21)7(2)22-13(19)16-8/h3-4H,5H2,1-2H3,(H2,15,21). The van der Waals surface area contributed by atoms with E-state index in [1.165, 1.54) is 21.8 Å². The van der Waals surface area contributed by atoms with Crippen LogP contribution in [0.15, 0.2) is 16.9 Å². The van der Waals surface area contributed by atoms with Crippen molar-refractivity contribution in [2.75, 3.05) is 0 Å². The third-order valence-electron chi connectivity index (χ3n) is 3.14. The Hall–Kier alpha value is -2.19. The predicted octanol–water partition coefficient (Wildman–Crippen LogP) is 1.37. The number of carbonyl (C=O) groups is 1. The summed E-state index contributed by atoms with van der Waals surface area (Å²) in [4.78, 5) is 29.2. The summed E-state index contributed by atoms with van der Waals surface area (Å²) in [5.41, 5.74) is 6.46. The first-order valence-corrected chi connectivity index (χ1v) is 7.58. The van der Waals surface area contributed by atoms with Crippen LogP contribution in [0.5, 0.6) is 0 Å². The van der Waals surface area contributed by atoms with Crippen LogP contribution in [-0.4, -0.2) is 25.1 Å². The van der Waals surface area contributed by atoms with Crippen molar-refractivity contribution in [3.05, 3.63) is 49.6 Å².